The van der Waals surface area contributed by atoms with Crippen LogP contribution in [0.1, 0.15) is 23.0 Å². The number of benzene rings is 1. The molecule has 0 aliphatic carbocycles. The first-order valence-electron chi connectivity index (χ1n) is 5.87. The number of hydrogen-bond donors (Lipinski definition) is 3. The fraction of sp³-hybridized carbons (Fsp3) is 0.308. The minimum Gasteiger partial charge on any atom is -0.350 e. The zero-order valence-electron chi connectivity index (χ0n) is 10.1. The Morgan fingerprint density at radius 1 is 1.50 bits per heavy atom. The van der Waals surface area contributed by atoms with Gasteiger partial charge in [0.1, 0.15) is 5.69 Å². The van der Waals surface area contributed by atoms with E-state index >= 15 is 0 Å². The number of thiol groups is 1. The summed E-state index contributed by atoms with van der Waals surface area (Å²) in [7, 11) is 0. The van der Waals surface area contributed by atoms with Crippen molar-refractivity contribution >= 4 is 29.4 Å². The number of aromatic nitrogens is 1. The molecule has 1 heterocycles. The van der Waals surface area contributed by atoms with Crippen LogP contribution in [0.2, 0.25) is 0 Å². The van der Waals surface area contributed by atoms with Gasteiger partial charge in [-0.05, 0) is 18.1 Å². The summed E-state index contributed by atoms with van der Waals surface area (Å²) in [5.41, 5.74) is 1.70. The van der Waals surface area contributed by atoms with Gasteiger partial charge in [0.2, 0.25) is 0 Å². The maximum atomic E-state index is 14.1. The average Bonchev–Trinajstić information content (AvgIpc) is 2.73. The highest BCUT2D eigenvalue weighted by Crippen LogP contribution is 2.24. The number of amides is 1. The standard InChI is InChI=1S/C13H15FN2OS/c1-2-8-4-3-5-9-10(14)12(16-11(8)9)13(17)15-6-7-18/h3-5,16,18H,2,6-7H2,1H3,(H,15,17). The maximum Gasteiger partial charge on any atom is 0.270 e. The number of rotatable bonds is 4. The molecule has 0 fully saturated rings. The van der Waals surface area contributed by atoms with E-state index in [9.17, 15) is 9.18 Å². The summed E-state index contributed by atoms with van der Waals surface area (Å²) in [4.78, 5) is 14.7. The molecule has 18 heavy (non-hydrogen) atoms. The van der Waals surface area contributed by atoms with E-state index in [4.69, 9.17) is 0 Å². The van der Waals surface area contributed by atoms with Crippen LogP contribution in [0.25, 0.3) is 10.9 Å². The lowest BCUT2D eigenvalue weighted by Crippen LogP contribution is -2.26. The van der Waals surface area contributed by atoms with Crippen molar-refractivity contribution in [3.05, 3.63) is 35.3 Å². The van der Waals surface area contributed by atoms with Crippen molar-refractivity contribution in [3.63, 3.8) is 0 Å². The molecule has 0 aliphatic heterocycles. The van der Waals surface area contributed by atoms with Crippen molar-refractivity contribution in [3.8, 4) is 0 Å². The average molecular weight is 266 g/mol. The molecule has 0 saturated carbocycles. The molecule has 0 radical (unpaired) electrons. The van der Waals surface area contributed by atoms with Crippen LogP contribution in [0.4, 0.5) is 4.39 Å². The van der Waals surface area contributed by atoms with Gasteiger partial charge in [-0.2, -0.15) is 12.6 Å². The lowest BCUT2D eigenvalue weighted by Gasteiger charge is -2.00. The number of aromatic amines is 1. The molecule has 0 bridgehead atoms. The Kier molecular flexibility index (Phi) is 3.91. The zero-order valence-corrected chi connectivity index (χ0v) is 11.0. The van der Waals surface area contributed by atoms with E-state index in [1.54, 1.807) is 12.1 Å². The predicted molar refractivity (Wildman–Crippen MR) is 73.8 cm³/mol. The summed E-state index contributed by atoms with van der Waals surface area (Å²) < 4.78 is 14.1. The van der Waals surface area contributed by atoms with Gasteiger partial charge in [-0.1, -0.05) is 19.1 Å². The van der Waals surface area contributed by atoms with E-state index in [0.29, 0.717) is 23.2 Å². The Labute approximate surface area is 110 Å². The monoisotopic (exact) mass is 266 g/mol. The normalized spacial score (nSPS) is 10.8. The van der Waals surface area contributed by atoms with Crippen LogP contribution in [0.3, 0.4) is 0 Å². The molecule has 2 N–H and O–H groups in total. The molecule has 1 amide bonds. The third-order valence-electron chi connectivity index (χ3n) is 2.86. The van der Waals surface area contributed by atoms with Crippen LogP contribution < -0.4 is 5.32 Å². The third kappa shape index (κ3) is 2.22. The van der Waals surface area contributed by atoms with Gasteiger partial charge in [-0.3, -0.25) is 4.79 Å². The molecule has 0 atom stereocenters. The number of H-pyrrole nitrogens is 1. The Hall–Kier alpha value is -1.49. The molecule has 0 aliphatic rings. The number of carbonyl (C=O) groups excluding carboxylic acids is 1. The smallest absolute Gasteiger partial charge is 0.270 e. The van der Waals surface area contributed by atoms with Crippen LogP contribution in [0.15, 0.2) is 18.2 Å². The van der Waals surface area contributed by atoms with Gasteiger partial charge in [-0.25, -0.2) is 4.39 Å². The highest BCUT2D eigenvalue weighted by atomic mass is 32.1. The SMILES string of the molecule is CCc1cccc2c(F)c(C(=O)NCCS)[nH]c12. The molecule has 2 rings (SSSR count). The molecular weight excluding hydrogens is 251 g/mol. The van der Waals surface area contributed by atoms with Crippen molar-refractivity contribution in [2.24, 2.45) is 0 Å². The predicted octanol–water partition coefficient (Wildman–Crippen LogP) is 2.53. The van der Waals surface area contributed by atoms with Crippen molar-refractivity contribution in [2.75, 3.05) is 12.3 Å². The minimum absolute atomic E-state index is 0.00677. The number of para-hydroxylation sites is 1. The number of carbonyl (C=O) groups is 1. The molecule has 0 unspecified atom stereocenters. The molecule has 1 aromatic carbocycles. The van der Waals surface area contributed by atoms with E-state index in [2.05, 4.69) is 22.9 Å². The van der Waals surface area contributed by atoms with E-state index in [0.717, 1.165) is 12.0 Å². The van der Waals surface area contributed by atoms with Gasteiger partial charge >= 0.3 is 0 Å². The minimum atomic E-state index is -0.489. The summed E-state index contributed by atoms with van der Waals surface area (Å²) in [6.45, 7) is 2.41. The van der Waals surface area contributed by atoms with Gasteiger partial charge < -0.3 is 10.3 Å². The number of nitrogens with one attached hydrogen (secondary N) is 2. The topological polar surface area (TPSA) is 44.9 Å². The quantitative estimate of drug-likeness (QED) is 0.732. The second-order valence-corrected chi connectivity index (χ2v) is 4.43. The van der Waals surface area contributed by atoms with Crippen molar-refractivity contribution < 1.29 is 9.18 Å². The van der Waals surface area contributed by atoms with Gasteiger partial charge in [0.15, 0.2) is 5.82 Å². The summed E-state index contributed by atoms with van der Waals surface area (Å²) in [6.07, 6.45) is 0.787. The Balaban J connectivity index is 2.47. The number of fused-ring (bicyclic) bond motifs is 1. The Morgan fingerprint density at radius 3 is 2.94 bits per heavy atom. The van der Waals surface area contributed by atoms with E-state index in [-0.39, 0.29) is 5.69 Å². The summed E-state index contributed by atoms with van der Waals surface area (Å²) in [5, 5.41) is 3.06. The second-order valence-electron chi connectivity index (χ2n) is 3.99. The Morgan fingerprint density at radius 2 is 2.28 bits per heavy atom. The fourth-order valence-electron chi connectivity index (χ4n) is 1.95. The molecule has 0 saturated heterocycles. The summed E-state index contributed by atoms with van der Waals surface area (Å²) in [6, 6.07) is 5.40. The molecule has 5 heteroatoms. The van der Waals surface area contributed by atoms with Crippen molar-refractivity contribution in [1.82, 2.24) is 10.3 Å². The van der Waals surface area contributed by atoms with Crippen LogP contribution in [0, 0.1) is 5.82 Å². The van der Waals surface area contributed by atoms with Crippen molar-refractivity contribution in [1.29, 1.82) is 0 Å². The maximum absolute atomic E-state index is 14.1. The number of hydrogen-bond acceptors (Lipinski definition) is 2. The molecule has 3 nitrogen and oxygen atoms in total. The number of aryl methyl sites for hydroxylation is 1. The highest BCUT2D eigenvalue weighted by molar-refractivity contribution is 7.80. The zero-order chi connectivity index (χ0) is 13.1. The summed E-state index contributed by atoms with van der Waals surface area (Å²) in [5.74, 6) is -0.398. The van der Waals surface area contributed by atoms with E-state index < -0.39 is 11.7 Å². The Bertz CT molecular complexity index is 580. The first kappa shape index (κ1) is 13.0. The highest BCUT2D eigenvalue weighted by Gasteiger charge is 2.18. The molecule has 96 valence electrons. The largest absolute Gasteiger partial charge is 0.350 e. The van der Waals surface area contributed by atoms with Crippen LogP contribution >= 0.6 is 12.6 Å². The van der Waals surface area contributed by atoms with Crippen LogP contribution in [-0.2, 0) is 6.42 Å². The van der Waals surface area contributed by atoms with E-state index in [1.807, 2.05) is 13.0 Å². The van der Waals surface area contributed by atoms with Crippen LogP contribution in [-0.4, -0.2) is 23.2 Å². The van der Waals surface area contributed by atoms with Crippen molar-refractivity contribution in [2.45, 2.75) is 13.3 Å². The summed E-state index contributed by atoms with van der Waals surface area (Å²) >= 11 is 4.00. The molecule has 1 aromatic heterocycles. The van der Waals surface area contributed by atoms with E-state index in [1.165, 1.54) is 0 Å². The van der Waals surface area contributed by atoms with Crippen LogP contribution in [0.5, 0.6) is 0 Å². The molecule has 2 aromatic rings. The first-order valence-corrected chi connectivity index (χ1v) is 6.50. The first-order chi connectivity index (χ1) is 8.69. The lowest BCUT2D eigenvalue weighted by atomic mass is 10.1. The van der Waals surface area contributed by atoms with Gasteiger partial charge in [0.25, 0.3) is 5.91 Å². The third-order valence-corrected chi connectivity index (χ3v) is 3.09. The fourth-order valence-corrected chi connectivity index (χ4v) is 2.07. The second kappa shape index (κ2) is 5.44. The van der Waals surface area contributed by atoms with Gasteiger partial charge in [0, 0.05) is 17.7 Å². The molecule has 0 spiro atoms. The molecular formula is C13H15FN2OS. The lowest BCUT2D eigenvalue weighted by molar-refractivity contribution is 0.0948. The number of halogens is 1. The van der Waals surface area contributed by atoms with Gasteiger partial charge in [-0.15, -0.1) is 0 Å². The van der Waals surface area contributed by atoms with Gasteiger partial charge in [0.05, 0.1) is 5.52 Å².